The van der Waals surface area contributed by atoms with Crippen molar-refractivity contribution in [3.05, 3.63) is 35.5 Å². The second-order valence-corrected chi connectivity index (χ2v) is 6.37. The molecule has 0 aliphatic heterocycles. The number of nitrogens with zero attached hydrogens (tertiary/aromatic N) is 3. The van der Waals surface area contributed by atoms with Crippen molar-refractivity contribution in [1.82, 2.24) is 15.0 Å². The van der Waals surface area contributed by atoms with E-state index < -0.39 is 10.0 Å². The smallest absolute Gasteiger partial charge is 0.247 e. The molecule has 8 nitrogen and oxygen atoms in total. The molecule has 2 N–H and O–H groups in total. The lowest BCUT2D eigenvalue weighted by atomic mass is 10.3. The Hall–Kier alpha value is -2.13. The summed E-state index contributed by atoms with van der Waals surface area (Å²) in [6, 6.07) is 6.62. The average molecular weight is 330 g/mol. The summed E-state index contributed by atoms with van der Waals surface area (Å²) in [5.74, 6) is -0.296. The zero-order chi connectivity index (χ0) is 15.5. The third-order valence-electron chi connectivity index (χ3n) is 2.24. The summed E-state index contributed by atoms with van der Waals surface area (Å²) in [5.41, 5.74) is 0.589. The maximum absolute atomic E-state index is 11.8. The van der Waals surface area contributed by atoms with E-state index in [1.165, 1.54) is 6.20 Å². The topological polar surface area (TPSA) is 106 Å². The number of nitrogens with one attached hydrogen (secondary N) is 2. The van der Waals surface area contributed by atoms with E-state index >= 15 is 0 Å². The molecule has 1 aromatic heterocycles. The van der Waals surface area contributed by atoms with Gasteiger partial charge in [0.2, 0.25) is 15.9 Å². The van der Waals surface area contributed by atoms with Gasteiger partial charge in [-0.1, -0.05) is 11.6 Å². The lowest BCUT2D eigenvalue weighted by Crippen LogP contribution is -2.20. The quantitative estimate of drug-likeness (QED) is 0.849. The first-order chi connectivity index (χ1) is 9.82. The molecule has 1 amide bonds. The van der Waals surface area contributed by atoms with Crippen LogP contribution in [0, 0.1) is 0 Å². The van der Waals surface area contributed by atoms with E-state index in [0.717, 1.165) is 11.1 Å². The fourth-order valence-corrected chi connectivity index (χ4v) is 2.07. The fourth-order valence-electron chi connectivity index (χ4n) is 1.47. The minimum Gasteiger partial charge on any atom is -0.324 e. The summed E-state index contributed by atoms with van der Waals surface area (Å²) in [7, 11) is -3.42. The number of halogens is 1. The van der Waals surface area contributed by atoms with Crippen molar-refractivity contribution in [3.8, 4) is 0 Å². The van der Waals surface area contributed by atoms with Crippen LogP contribution < -0.4 is 10.0 Å². The number of aromatic nitrogens is 3. The van der Waals surface area contributed by atoms with Crippen molar-refractivity contribution in [3.63, 3.8) is 0 Å². The second kappa shape index (κ2) is 6.10. The summed E-state index contributed by atoms with van der Waals surface area (Å²) in [4.78, 5) is 12.9. The Bertz CT molecular complexity index is 741. The minimum absolute atomic E-state index is 0.0526. The van der Waals surface area contributed by atoms with Crippen LogP contribution >= 0.6 is 11.6 Å². The van der Waals surface area contributed by atoms with Gasteiger partial charge in [0, 0.05) is 10.7 Å². The molecule has 0 unspecified atom stereocenters. The number of benzene rings is 1. The predicted molar refractivity (Wildman–Crippen MR) is 78.6 cm³/mol. The van der Waals surface area contributed by atoms with Gasteiger partial charge >= 0.3 is 0 Å². The second-order valence-electron chi connectivity index (χ2n) is 4.19. The molecule has 0 atom stereocenters. The SMILES string of the molecule is CS(=O)(=O)Nc1cnn(CC(=O)Nc2ccc(Cl)cc2)n1. The molecule has 10 heteroatoms. The van der Waals surface area contributed by atoms with Crippen LogP contribution in [0.3, 0.4) is 0 Å². The Balaban J connectivity index is 1.95. The maximum Gasteiger partial charge on any atom is 0.247 e. The summed E-state index contributed by atoms with van der Waals surface area (Å²) >= 11 is 5.74. The highest BCUT2D eigenvalue weighted by molar-refractivity contribution is 7.92. The Labute approximate surface area is 126 Å². The van der Waals surface area contributed by atoms with Crippen molar-refractivity contribution in [2.45, 2.75) is 6.54 Å². The standard InChI is InChI=1S/C11H12ClN5O3S/c1-21(19,20)16-10-6-13-17(15-10)7-11(18)14-9-4-2-8(12)3-5-9/h2-6H,7H2,1H3,(H,14,18)(H,15,16). The predicted octanol–water partition coefficient (Wildman–Crippen LogP) is 0.942. The molecule has 1 aromatic carbocycles. The van der Waals surface area contributed by atoms with E-state index in [1.54, 1.807) is 24.3 Å². The Morgan fingerprint density at radius 3 is 2.62 bits per heavy atom. The molecular weight excluding hydrogens is 318 g/mol. The van der Waals surface area contributed by atoms with Gasteiger partial charge in [0.25, 0.3) is 0 Å². The zero-order valence-corrected chi connectivity index (χ0v) is 12.5. The zero-order valence-electron chi connectivity index (χ0n) is 10.9. The van der Waals surface area contributed by atoms with Gasteiger partial charge in [-0.05, 0) is 24.3 Å². The molecule has 1 heterocycles. The largest absolute Gasteiger partial charge is 0.324 e. The number of carbonyl (C=O) groups is 1. The van der Waals surface area contributed by atoms with Gasteiger partial charge in [0.05, 0.1) is 12.5 Å². The van der Waals surface area contributed by atoms with Crippen LogP contribution in [0.2, 0.25) is 5.02 Å². The molecule has 0 saturated carbocycles. The first-order valence-electron chi connectivity index (χ1n) is 5.75. The third-order valence-corrected chi connectivity index (χ3v) is 3.07. The molecule has 112 valence electrons. The number of sulfonamides is 1. The number of anilines is 2. The van der Waals surface area contributed by atoms with Crippen molar-refractivity contribution in [2.24, 2.45) is 0 Å². The van der Waals surface area contributed by atoms with Gasteiger partial charge in [-0.25, -0.2) is 8.42 Å². The summed E-state index contributed by atoms with van der Waals surface area (Å²) in [6.07, 6.45) is 2.22. The maximum atomic E-state index is 11.8. The van der Waals surface area contributed by atoms with Gasteiger partial charge < -0.3 is 5.32 Å². The van der Waals surface area contributed by atoms with E-state index in [1.807, 2.05) is 0 Å². The number of carbonyl (C=O) groups excluding carboxylic acids is 1. The van der Waals surface area contributed by atoms with Gasteiger partial charge in [0.15, 0.2) is 5.82 Å². The summed E-state index contributed by atoms with van der Waals surface area (Å²) in [6.45, 7) is -0.145. The van der Waals surface area contributed by atoms with E-state index in [4.69, 9.17) is 11.6 Å². The van der Waals surface area contributed by atoms with E-state index in [9.17, 15) is 13.2 Å². The molecule has 2 aromatic rings. The van der Waals surface area contributed by atoms with Crippen LogP contribution in [-0.4, -0.2) is 35.6 Å². The van der Waals surface area contributed by atoms with E-state index in [0.29, 0.717) is 10.7 Å². The van der Waals surface area contributed by atoms with Crippen molar-refractivity contribution in [1.29, 1.82) is 0 Å². The molecule has 0 spiro atoms. The van der Waals surface area contributed by atoms with Gasteiger partial charge in [-0.3, -0.25) is 9.52 Å². The molecule has 21 heavy (non-hydrogen) atoms. The highest BCUT2D eigenvalue weighted by atomic mass is 35.5. The first kappa shape index (κ1) is 15.3. The van der Waals surface area contributed by atoms with Gasteiger partial charge in [-0.15, -0.1) is 5.10 Å². The molecule has 2 rings (SSSR count). The molecule has 0 saturated heterocycles. The molecule has 0 aliphatic carbocycles. The van der Waals surface area contributed by atoms with Crippen LogP contribution in [0.4, 0.5) is 11.5 Å². The number of amides is 1. The number of hydrogen-bond acceptors (Lipinski definition) is 5. The van der Waals surface area contributed by atoms with E-state index in [2.05, 4.69) is 20.2 Å². The molecule has 0 fully saturated rings. The molecule has 0 radical (unpaired) electrons. The van der Waals surface area contributed by atoms with Crippen molar-refractivity contribution < 1.29 is 13.2 Å². The third kappa shape index (κ3) is 5.04. The normalized spacial score (nSPS) is 11.1. The Kier molecular flexibility index (Phi) is 4.43. The van der Waals surface area contributed by atoms with E-state index in [-0.39, 0.29) is 18.3 Å². The summed E-state index contributed by atoms with van der Waals surface area (Å²) in [5, 5.41) is 10.8. The van der Waals surface area contributed by atoms with Crippen LogP contribution in [0.25, 0.3) is 0 Å². The highest BCUT2D eigenvalue weighted by Gasteiger charge is 2.09. The first-order valence-corrected chi connectivity index (χ1v) is 8.02. The van der Waals surface area contributed by atoms with Crippen LogP contribution in [0.5, 0.6) is 0 Å². The molecule has 0 bridgehead atoms. The molecular formula is C11H12ClN5O3S. The van der Waals surface area contributed by atoms with Crippen molar-refractivity contribution in [2.75, 3.05) is 16.3 Å². The lowest BCUT2D eigenvalue weighted by Gasteiger charge is -2.04. The minimum atomic E-state index is -3.42. The number of hydrogen-bond donors (Lipinski definition) is 2. The van der Waals surface area contributed by atoms with Gasteiger partial charge in [-0.2, -0.15) is 9.90 Å². The van der Waals surface area contributed by atoms with Crippen molar-refractivity contribution >= 4 is 39.0 Å². The van der Waals surface area contributed by atoms with Crippen LogP contribution in [-0.2, 0) is 21.4 Å². The fraction of sp³-hybridized carbons (Fsp3) is 0.182. The highest BCUT2D eigenvalue weighted by Crippen LogP contribution is 2.13. The lowest BCUT2D eigenvalue weighted by molar-refractivity contribution is -0.117. The summed E-state index contributed by atoms with van der Waals surface area (Å²) < 4.78 is 24.2. The average Bonchev–Trinajstić information content (AvgIpc) is 2.77. The van der Waals surface area contributed by atoms with Gasteiger partial charge in [0.1, 0.15) is 6.54 Å². The molecule has 0 aliphatic rings. The Morgan fingerprint density at radius 2 is 2.00 bits per heavy atom. The monoisotopic (exact) mass is 329 g/mol. The van der Waals surface area contributed by atoms with Crippen LogP contribution in [0.1, 0.15) is 0 Å². The Morgan fingerprint density at radius 1 is 1.33 bits per heavy atom. The van der Waals surface area contributed by atoms with Crippen LogP contribution in [0.15, 0.2) is 30.5 Å². The number of rotatable bonds is 5.